The fraction of sp³-hybridized carbons (Fsp3) is 0.538. The Labute approximate surface area is 117 Å². The van der Waals surface area contributed by atoms with E-state index in [2.05, 4.69) is 17.3 Å². The van der Waals surface area contributed by atoms with Crippen molar-refractivity contribution in [2.24, 2.45) is 0 Å². The van der Waals surface area contributed by atoms with Crippen LogP contribution in [0.4, 0.5) is 11.4 Å². The quantitative estimate of drug-likeness (QED) is 0.684. The lowest BCUT2D eigenvalue weighted by atomic mass is 10.0. The van der Waals surface area contributed by atoms with Gasteiger partial charge in [0.25, 0.3) is 5.69 Å². The summed E-state index contributed by atoms with van der Waals surface area (Å²) in [5.41, 5.74) is 1.68. The van der Waals surface area contributed by atoms with Crippen LogP contribution in [0.15, 0.2) is 12.1 Å². The number of hydrogen-bond donors (Lipinski definition) is 1. The topological polar surface area (TPSA) is 58.4 Å². The molecule has 1 aromatic carbocycles. The first-order chi connectivity index (χ1) is 8.97. The molecule has 0 bridgehead atoms. The van der Waals surface area contributed by atoms with Gasteiger partial charge in [-0.2, -0.15) is 0 Å². The molecule has 1 aliphatic rings. The third kappa shape index (κ3) is 3.36. The van der Waals surface area contributed by atoms with E-state index in [0.29, 0.717) is 11.1 Å². The molecule has 0 radical (unpaired) electrons. The maximum Gasteiger partial charge on any atom is 0.271 e. The van der Waals surface area contributed by atoms with Crippen LogP contribution in [0.1, 0.15) is 18.4 Å². The third-order valence-corrected chi connectivity index (χ3v) is 3.85. The Hall–Kier alpha value is -1.33. The first-order valence-electron chi connectivity index (χ1n) is 6.37. The van der Waals surface area contributed by atoms with Gasteiger partial charge in [-0.05, 0) is 45.5 Å². The summed E-state index contributed by atoms with van der Waals surface area (Å²) in [5, 5.41) is 14.6. The van der Waals surface area contributed by atoms with Crippen molar-refractivity contribution in [2.75, 3.05) is 25.5 Å². The van der Waals surface area contributed by atoms with Crippen molar-refractivity contribution in [3.63, 3.8) is 0 Å². The maximum atomic E-state index is 10.8. The smallest absolute Gasteiger partial charge is 0.271 e. The lowest BCUT2D eigenvalue weighted by Gasteiger charge is -2.30. The second-order valence-electron chi connectivity index (χ2n) is 5.10. The highest BCUT2D eigenvalue weighted by molar-refractivity contribution is 6.33. The van der Waals surface area contributed by atoms with Gasteiger partial charge in [0.15, 0.2) is 0 Å². The number of nitro benzene ring substituents is 1. The fourth-order valence-electron chi connectivity index (χ4n) is 2.37. The van der Waals surface area contributed by atoms with E-state index >= 15 is 0 Å². The van der Waals surface area contributed by atoms with Crippen molar-refractivity contribution in [1.82, 2.24) is 4.90 Å². The van der Waals surface area contributed by atoms with Gasteiger partial charge in [0.05, 0.1) is 15.6 Å². The Morgan fingerprint density at radius 1 is 1.42 bits per heavy atom. The summed E-state index contributed by atoms with van der Waals surface area (Å²) in [7, 11) is 2.11. The van der Waals surface area contributed by atoms with Gasteiger partial charge in [0.2, 0.25) is 0 Å². The lowest BCUT2D eigenvalue weighted by molar-refractivity contribution is -0.384. The molecule has 0 saturated carbocycles. The molecule has 1 aliphatic heterocycles. The molecule has 0 atom stereocenters. The fourth-order valence-corrected chi connectivity index (χ4v) is 2.69. The molecular weight excluding hydrogens is 266 g/mol. The number of hydrogen-bond acceptors (Lipinski definition) is 4. The Bertz CT molecular complexity index is 462. The minimum Gasteiger partial charge on any atom is -0.381 e. The van der Waals surface area contributed by atoms with Gasteiger partial charge in [0, 0.05) is 18.2 Å². The molecule has 6 heteroatoms. The SMILES string of the molecule is Cc1cc([N+](=O)[O-])cc(Cl)c1NC1CCN(C)CC1. The van der Waals surface area contributed by atoms with E-state index < -0.39 is 4.92 Å². The van der Waals surface area contributed by atoms with Crippen molar-refractivity contribution in [3.8, 4) is 0 Å². The number of nitro groups is 1. The summed E-state index contributed by atoms with van der Waals surface area (Å²) >= 11 is 6.15. The van der Waals surface area contributed by atoms with Crippen molar-refractivity contribution in [3.05, 3.63) is 32.8 Å². The van der Waals surface area contributed by atoms with Gasteiger partial charge in [-0.15, -0.1) is 0 Å². The average Bonchev–Trinajstić information content (AvgIpc) is 2.35. The van der Waals surface area contributed by atoms with Crippen LogP contribution >= 0.6 is 11.6 Å². The predicted molar refractivity (Wildman–Crippen MR) is 77.0 cm³/mol. The highest BCUT2D eigenvalue weighted by Gasteiger charge is 2.19. The van der Waals surface area contributed by atoms with Crippen LogP contribution in [0.25, 0.3) is 0 Å². The number of nitrogens with one attached hydrogen (secondary N) is 1. The molecule has 2 rings (SSSR count). The zero-order valence-electron chi connectivity index (χ0n) is 11.1. The number of non-ortho nitro benzene ring substituents is 1. The molecule has 104 valence electrons. The molecule has 1 heterocycles. The molecule has 0 aliphatic carbocycles. The second-order valence-corrected chi connectivity index (χ2v) is 5.51. The standard InChI is InChI=1S/C13H18ClN3O2/c1-9-7-11(17(18)19)8-12(14)13(9)15-10-3-5-16(2)6-4-10/h7-8,10,15H,3-6H2,1-2H3. The number of aryl methyl sites for hydroxylation is 1. The molecule has 1 aromatic rings. The Balaban J connectivity index is 2.14. The van der Waals surface area contributed by atoms with Crippen LogP contribution in [0.5, 0.6) is 0 Å². The van der Waals surface area contributed by atoms with Crippen LogP contribution in [-0.2, 0) is 0 Å². The largest absolute Gasteiger partial charge is 0.381 e. The minimum atomic E-state index is -0.418. The molecule has 0 spiro atoms. The molecule has 0 unspecified atom stereocenters. The number of likely N-dealkylation sites (tertiary alicyclic amines) is 1. The number of piperidine rings is 1. The summed E-state index contributed by atoms with van der Waals surface area (Å²) in [6.07, 6.45) is 2.12. The van der Waals surface area contributed by atoms with E-state index in [1.54, 1.807) is 6.07 Å². The molecule has 1 N–H and O–H groups in total. The van der Waals surface area contributed by atoms with Gasteiger partial charge < -0.3 is 10.2 Å². The van der Waals surface area contributed by atoms with Gasteiger partial charge >= 0.3 is 0 Å². The minimum absolute atomic E-state index is 0.0384. The summed E-state index contributed by atoms with van der Waals surface area (Å²) in [6.45, 7) is 3.96. The Kier molecular flexibility index (Phi) is 4.27. The molecule has 5 nitrogen and oxygen atoms in total. The highest BCUT2D eigenvalue weighted by Crippen LogP contribution is 2.32. The van der Waals surface area contributed by atoms with E-state index in [1.165, 1.54) is 6.07 Å². The summed E-state index contributed by atoms with van der Waals surface area (Å²) in [6, 6.07) is 3.35. The van der Waals surface area contributed by atoms with E-state index in [9.17, 15) is 10.1 Å². The van der Waals surface area contributed by atoms with Crippen LogP contribution in [0.3, 0.4) is 0 Å². The van der Waals surface area contributed by atoms with E-state index in [0.717, 1.165) is 37.2 Å². The monoisotopic (exact) mass is 283 g/mol. The molecule has 19 heavy (non-hydrogen) atoms. The molecular formula is C13H18ClN3O2. The zero-order chi connectivity index (χ0) is 14.0. The maximum absolute atomic E-state index is 10.8. The lowest BCUT2D eigenvalue weighted by Crippen LogP contribution is -2.36. The van der Waals surface area contributed by atoms with E-state index in [1.807, 2.05) is 6.92 Å². The summed E-state index contributed by atoms with van der Waals surface area (Å²) in [4.78, 5) is 12.6. The zero-order valence-corrected chi connectivity index (χ0v) is 11.9. The van der Waals surface area contributed by atoms with Gasteiger partial charge in [-0.1, -0.05) is 11.6 Å². The number of benzene rings is 1. The number of halogens is 1. The van der Waals surface area contributed by atoms with Crippen LogP contribution in [0.2, 0.25) is 5.02 Å². The van der Waals surface area contributed by atoms with Crippen LogP contribution < -0.4 is 5.32 Å². The summed E-state index contributed by atoms with van der Waals surface area (Å²) in [5.74, 6) is 0. The van der Waals surface area contributed by atoms with Crippen molar-refractivity contribution >= 4 is 23.0 Å². The molecule has 1 saturated heterocycles. The first-order valence-corrected chi connectivity index (χ1v) is 6.75. The number of nitrogens with zero attached hydrogens (tertiary/aromatic N) is 2. The number of rotatable bonds is 3. The molecule has 1 fully saturated rings. The van der Waals surface area contributed by atoms with Gasteiger partial charge in [0.1, 0.15) is 0 Å². The Morgan fingerprint density at radius 3 is 2.58 bits per heavy atom. The normalized spacial score (nSPS) is 17.4. The average molecular weight is 284 g/mol. The second kappa shape index (κ2) is 5.75. The Morgan fingerprint density at radius 2 is 2.05 bits per heavy atom. The van der Waals surface area contributed by atoms with Gasteiger partial charge in [-0.25, -0.2) is 0 Å². The molecule has 0 amide bonds. The van der Waals surface area contributed by atoms with Crippen LogP contribution in [0, 0.1) is 17.0 Å². The predicted octanol–water partition coefficient (Wildman–Crippen LogP) is 3.06. The summed E-state index contributed by atoms with van der Waals surface area (Å²) < 4.78 is 0. The van der Waals surface area contributed by atoms with E-state index in [4.69, 9.17) is 11.6 Å². The van der Waals surface area contributed by atoms with Crippen molar-refractivity contribution in [2.45, 2.75) is 25.8 Å². The van der Waals surface area contributed by atoms with E-state index in [-0.39, 0.29) is 5.69 Å². The van der Waals surface area contributed by atoms with Crippen molar-refractivity contribution in [1.29, 1.82) is 0 Å². The van der Waals surface area contributed by atoms with Crippen LogP contribution in [-0.4, -0.2) is 36.0 Å². The number of anilines is 1. The van der Waals surface area contributed by atoms with Crippen molar-refractivity contribution < 1.29 is 4.92 Å². The molecule has 0 aromatic heterocycles. The van der Waals surface area contributed by atoms with Gasteiger partial charge in [-0.3, -0.25) is 10.1 Å². The third-order valence-electron chi connectivity index (χ3n) is 3.55. The first kappa shape index (κ1) is 14.1. The highest BCUT2D eigenvalue weighted by atomic mass is 35.5.